The summed E-state index contributed by atoms with van der Waals surface area (Å²) in [6.07, 6.45) is 0. The Labute approximate surface area is 157 Å². The summed E-state index contributed by atoms with van der Waals surface area (Å²) in [6.45, 7) is 1.84. The van der Waals surface area contributed by atoms with Gasteiger partial charge in [-0.05, 0) is 19.1 Å². The second kappa shape index (κ2) is 7.77. The number of benzene rings is 2. The molecule has 0 atom stereocenters. The average Bonchev–Trinajstić information content (AvgIpc) is 3.15. The van der Waals surface area contributed by atoms with Crippen LogP contribution in [0.2, 0.25) is 0 Å². The van der Waals surface area contributed by atoms with Crippen molar-refractivity contribution in [2.45, 2.75) is 18.4 Å². The maximum atomic E-state index is 12.6. The number of methoxy groups -OCH3 is 2. The SMILES string of the molecule is COc1ccc(S(=O)(=O)NCc2nc(-c3ccc(C)cc3)no2)c(OC)c1. The number of ether oxygens (including phenoxy) is 2. The molecule has 0 saturated heterocycles. The molecule has 0 bridgehead atoms. The molecule has 3 aromatic rings. The van der Waals surface area contributed by atoms with Crippen LogP contribution in [0.1, 0.15) is 11.5 Å². The fourth-order valence-corrected chi connectivity index (χ4v) is 3.50. The lowest BCUT2D eigenvalue weighted by Gasteiger charge is -2.11. The highest BCUT2D eigenvalue weighted by molar-refractivity contribution is 7.89. The molecule has 0 aliphatic heterocycles. The van der Waals surface area contributed by atoms with Crippen LogP contribution in [0.15, 0.2) is 51.9 Å². The zero-order chi connectivity index (χ0) is 19.4. The molecule has 3 rings (SSSR count). The van der Waals surface area contributed by atoms with Gasteiger partial charge in [0.05, 0.1) is 20.8 Å². The van der Waals surface area contributed by atoms with E-state index in [0.717, 1.165) is 11.1 Å². The zero-order valence-electron chi connectivity index (χ0n) is 15.1. The third-order valence-corrected chi connectivity index (χ3v) is 5.29. The lowest BCUT2D eigenvalue weighted by Crippen LogP contribution is -2.24. The summed E-state index contributed by atoms with van der Waals surface area (Å²) in [5.74, 6) is 1.21. The predicted molar refractivity (Wildman–Crippen MR) is 98.0 cm³/mol. The van der Waals surface area contributed by atoms with Gasteiger partial charge in [-0.2, -0.15) is 4.98 Å². The van der Waals surface area contributed by atoms with Crippen LogP contribution in [0.4, 0.5) is 0 Å². The van der Waals surface area contributed by atoms with Crippen molar-refractivity contribution in [1.82, 2.24) is 14.9 Å². The van der Waals surface area contributed by atoms with Gasteiger partial charge in [0.1, 0.15) is 16.4 Å². The minimum atomic E-state index is -3.85. The molecular weight excluding hydrogens is 370 g/mol. The van der Waals surface area contributed by atoms with Gasteiger partial charge < -0.3 is 14.0 Å². The molecule has 1 N–H and O–H groups in total. The van der Waals surface area contributed by atoms with Crippen molar-refractivity contribution >= 4 is 10.0 Å². The molecule has 0 spiro atoms. The van der Waals surface area contributed by atoms with Crippen molar-refractivity contribution in [1.29, 1.82) is 0 Å². The highest BCUT2D eigenvalue weighted by Gasteiger charge is 2.21. The van der Waals surface area contributed by atoms with Gasteiger partial charge in [-0.25, -0.2) is 13.1 Å². The maximum Gasteiger partial charge on any atom is 0.244 e. The molecule has 0 saturated carbocycles. The van der Waals surface area contributed by atoms with Gasteiger partial charge in [-0.3, -0.25) is 0 Å². The lowest BCUT2D eigenvalue weighted by atomic mass is 10.1. The van der Waals surface area contributed by atoms with Crippen LogP contribution in [0, 0.1) is 6.92 Å². The van der Waals surface area contributed by atoms with Crippen LogP contribution >= 0.6 is 0 Å². The Morgan fingerprint density at radius 1 is 1.07 bits per heavy atom. The Kier molecular flexibility index (Phi) is 5.43. The third kappa shape index (κ3) is 4.26. The Balaban J connectivity index is 1.75. The Morgan fingerprint density at radius 2 is 1.81 bits per heavy atom. The molecule has 8 nitrogen and oxygen atoms in total. The Morgan fingerprint density at radius 3 is 2.48 bits per heavy atom. The summed E-state index contributed by atoms with van der Waals surface area (Å²) in [4.78, 5) is 4.21. The van der Waals surface area contributed by atoms with Gasteiger partial charge in [0.15, 0.2) is 0 Å². The zero-order valence-corrected chi connectivity index (χ0v) is 15.9. The lowest BCUT2D eigenvalue weighted by molar-refractivity contribution is 0.374. The van der Waals surface area contributed by atoms with Gasteiger partial charge in [0.25, 0.3) is 0 Å². The molecule has 0 fully saturated rings. The van der Waals surface area contributed by atoms with Crippen molar-refractivity contribution in [3.63, 3.8) is 0 Å². The quantitative estimate of drug-likeness (QED) is 0.662. The first-order valence-electron chi connectivity index (χ1n) is 8.04. The Hall–Kier alpha value is -2.91. The van der Waals surface area contributed by atoms with Crippen LogP contribution in [0.5, 0.6) is 11.5 Å². The molecule has 1 heterocycles. The molecular formula is C18H19N3O5S. The van der Waals surface area contributed by atoms with Gasteiger partial charge in [-0.15, -0.1) is 0 Å². The normalized spacial score (nSPS) is 11.4. The summed E-state index contributed by atoms with van der Waals surface area (Å²) >= 11 is 0. The fourth-order valence-electron chi connectivity index (χ4n) is 2.38. The van der Waals surface area contributed by atoms with Gasteiger partial charge in [0, 0.05) is 11.6 Å². The number of aryl methyl sites for hydroxylation is 1. The van der Waals surface area contributed by atoms with Crippen LogP contribution in [0.3, 0.4) is 0 Å². The topological polar surface area (TPSA) is 104 Å². The molecule has 2 aromatic carbocycles. The van der Waals surface area contributed by atoms with Gasteiger partial charge >= 0.3 is 0 Å². The van der Waals surface area contributed by atoms with E-state index < -0.39 is 10.0 Å². The summed E-state index contributed by atoms with van der Waals surface area (Å²) in [6, 6.07) is 12.1. The molecule has 0 aliphatic rings. The van der Waals surface area contributed by atoms with Crippen LogP contribution in [-0.4, -0.2) is 32.8 Å². The van der Waals surface area contributed by atoms with E-state index in [1.165, 1.54) is 26.4 Å². The molecule has 9 heteroatoms. The molecule has 27 heavy (non-hydrogen) atoms. The van der Waals surface area contributed by atoms with E-state index in [1.54, 1.807) is 6.07 Å². The number of rotatable bonds is 7. The number of nitrogens with one attached hydrogen (secondary N) is 1. The monoisotopic (exact) mass is 389 g/mol. The molecule has 0 radical (unpaired) electrons. The van der Waals surface area contributed by atoms with E-state index in [9.17, 15) is 8.42 Å². The van der Waals surface area contributed by atoms with E-state index in [-0.39, 0.29) is 23.1 Å². The highest BCUT2D eigenvalue weighted by Crippen LogP contribution is 2.28. The highest BCUT2D eigenvalue weighted by atomic mass is 32.2. The number of aromatic nitrogens is 2. The van der Waals surface area contributed by atoms with E-state index >= 15 is 0 Å². The van der Waals surface area contributed by atoms with E-state index in [1.807, 2.05) is 31.2 Å². The van der Waals surface area contributed by atoms with Gasteiger partial charge in [0.2, 0.25) is 21.7 Å². The van der Waals surface area contributed by atoms with E-state index in [0.29, 0.717) is 11.6 Å². The first-order valence-corrected chi connectivity index (χ1v) is 9.52. The minimum absolute atomic E-state index is 0.0101. The predicted octanol–water partition coefficient (Wildman–Crippen LogP) is 2.54. The van der Waals surface area contributed by atoms with Crippen molar-refractivity contribution in [2.75, 3.05) is 14.2 Å². The Bertz CT molecular complexity index is 1030. The molecule has 0 aliphatic carbocycles. The largest absolute Gasteiger partial charge is 0.497 e. The fraction of sp³-hybridized carbons (Fsp3) is 0.222. The first kappa shape index (κ1) is 18.9. The van der Waals surface area contributed by atoms with Crippen molar-refractivity contribution < 1.29 is 22.4 Å². The number of hydrogen-bond acceptors (Lipinski definition) is 7. The second-order valence-corrected chi connectivity index (χ2v) is 7.45. The molecule has 142 valence electrons. The number of hydrogen-bond donors (Lipinski definition) is 1. The van der Waals surface area contributed by atoms with Crippen molar-refractivity contribution in [3.05, 3.63) is 53.9 Å². The van der Waals surface area contributed by atoms with Crippen LogP contribution in [-0.2, 0) is 16.6 Å². The summed E-state index contributed by atoms with van der Waals surface area (Å²) in [5, 5.41) is 3.88. The maximum absolute atomic E-state index is 12.6. The summed E-state index contributed by atoms with van der Waals surface area (Å²) in [7, 11) is -0.968. The van der Waals surface area contributed by atoms with E-state index in [4.69, 9.17) is 14.0 Å². The third-order valence-electron chi connectivity index (χ3n) is 3.85. The molecule has 1 aromatic heterocycles. The van der Waals surface area contributed by atoms with Crippen molar-refractivity contribution in [2.24, 2.45) is 0 Å². The summed E-state index contributed by atoms with van der Waals surface area (Å²) < 4.78 is 42.9. The second-order valence-electron chi connectivity index (χ2n) is 5.72. The first-order chi connectivity index (χ1) is 12.9. The number of nitrogens with zero attached hydrogens (tertiary/aromatic N) is 2. The van der Waals surface area contributed by atoms with Crippen LogP contribution in [0.25, 0.3) is 11.4 Å². The summed E-state index contributed by atoms with van der Waals surface area (Å²) in [5.41, 5.74) is 1.90. The average molecular weight is 389 g/mol. The van der Waals surface area contributed by atoms with E-state index in [2.05, 4.69) is 14.9 Å². The standard InChI is InChI=1S/C18H19N3O5S/c1-12-4-6-13(7-5-12)18-20-17(26-21-18)11-19-27(22,23)16-9-8-14(24-2)10-15(16)25-3/h4-10,19H,11H2,1-3H3. The molecule has 0 unspecified atom stereocenters. The minimum Gasteiger partial charge on any atom is -0.497 e. The molecule has 0 amide bonds. The number of sulfonamides is 1. The smallest absolute Gasteiger partial charge is 0.244 e. The van der Waals surface area contributed by atoms with Crippen molar-refractivity contribution in [3.8, 4) is 22.9 Å². The van der Waals surface area contributed by atoms with Gasteiger partial charge in [-0.1, -0.05) is 35.0 Å². The van der Waals surface area contributed by atoms with Crippen LogP contribution < -0.4 is 14.2 Å².